The number of hydrogen-bond acceptors (Lipinski definition) is 8. The average molecular weight is 633 g/mol. The fourth-order valence-electron chi connectivity index (χ4n) is 5.32. The number of benzene rings is 1. The summed E-state index contributed by atoms with van der Waals surface area (Å²) in [6, 6.07) is 2.29. The van der Waals surface area contributed by atoms with Gasteiger partial charge in [-0.05, 0) is 19.5 Å². The number of phenols is 1. The number of carbonyl (C=O) groups is 2. The zero-order valence-electron chi connectivity index (χ0n) is 23.9. The number of primary amides is 1. The van der Waals surface area contributed by atoms with E-state index in [9.17, 15) is 28.3 Å². The van der Waals surface area contributed by atoms with Gasteiger partial charge in [0.15, 0.2) is 11.6 Å². The lowest BCUT2D eigenvalue weighted by Gasteiger charge is -2.40. The predicted molar refractivity (Wildman–Crippen MR) is 157 cm³/mol. The Hall–Kier alpha value is -4.63. The molecule has 5 rings (SSSR count). The first kappa shape index (κ1) is 30.8. The van der Waals surface area contributed by atoms with Crippen LogP contribution in [0.15, 0.2) is 29.5 Å². The number of fused-ring (bicyclic) bond motifs is 1. The Balaban J connectivity index is 1.52. The van der Waals surface area contributed by atoms with Gasteiger partial charge in [-0.15, -0.1) is 0 Å². The normalized spacial score (nSPS) is 15.6. The summed E-state index contributed by atoms with van der Waals surface area (Å²) < 4.78 is 46.8. The summed E-state index contributed by atoms with van der Waals surface area (Å²) in [6.07, 6.45) is 2.35. The van der Waals surface area contributed by atoms with E-state index in [4.69, 9.17) is 17.3 Å². The van der Waals surface area contributed by atoms with Crippen molar-refractivity contribution in [2.75, 3.05) is 36.4 Å². The molecule has 1 aliphatic rings. The first-order valence-corrected chi connectivity index (χ1v) is 13.9. The van der Waals surface area contributed by atoms with E-state index in [-0.39, 0.29) is 28.3 Å². The van der Waals surface area contributed by atoms with E-state index < -0.39 is 63.4 Å². The number of carbonyl (C=O) groups excluding carboxylic acids is 2. The molecule has 16 heteroatoms. The number of aromatic hydroxyl groups is 1. The molecular formula is C28H28ClF3N8O4. The largest absolute Gasteiger partial charge is 0.504 e. The Kier molecular flexibility index (Phi) is 8.27. The van der Waals surface area contributed by atoms with Crippen molar-refractivity contribution in [3.63, 3.8) is 0 Å². The van der Waals surface area contributed by atoms with E-state index in [1.807, 2.05) is 11.8 Å². The van der Waals surface area contributed by atoms with Crippen molar-refractivity contribution in [3.8, 4) is 16.9 Å². The van der Waals surface area contributed by atoms with Crippen LogP contribution in [0.2, 0.25) is 5.02 Å². The molecule has 0 aliphatic carbocycles. The van der Waals surface area contributed by atoms with Gasteiger partial charge < -0.3 is 30.2 Å². The monoisotopic (exact) mass is 632 g/mol. The third-order valence-corrected chi connectivity index (χ3v) is 7.98. The summed E-state index contributed by atoms with van der Waals surface area (Å²) in [5, 5.41) is 11.8. The van der Waals surface area contributed by atoms with Gasteiger partial charge in [0, 0.05) is 56.1 Å². The maximum Gasteiger partial charge on any atom is 0.263 e. The molecule has 1 saturated heterocycles. The number of pyridine rings is 1. The number of anilines is 2. The quantitative estimate of drug-likeness (QED) is 0.263. The van der Waals surface area contributed by atoms with Crippen LogP contribution < -0.4 is 21.5 Å². The van der Waals surface area contributed by atoms with Crippen LogP contribution in [0.1, 0.15) is 24.2 Å². The number of likely N-dealkylation sites (N-methyl/N-ethyl adjacent to an activating group) is 1. The molecule has 1 aromatic carbocycles. The van der Waals surface area contributed by atoms with Crippen LogP contribution in [-0.2, 0) is 18.4 Å². The first-order chi connectivity index (χ1) is 20.8. The maximum atomic E-state index is 15.1. The van der Waals surface area contributed by atoms with Gasteiger partial charge in [-0.3, -0.25) is 19.3 Å². The van der Waals surface area contributed by atoms with Gasteiger partial charge in [-0.1, -0.05) is 18.5 Å². The van der Waals surface area contributed by atoms with Crippen molar-refractivity contribution < 1.29 is 27.9 Å². The van der Waals surface area contributed by atoms with Crippen molar-refractivity contribution in [1.29, 1.82) is 0 Å². The number of aromatic nitrogens is 4. The highest BCUT2D eigenvalue weighted by molar-refractivity contribution is 6.33. The molecule has 4 aromatic rings. The molecule has 1 atom stereocenters. The molecule has 3 aromatic heterocycles. The zero-order valence-corrected chi connectivity index (χ0v) is 24.6. The Bertz CT molecular complexity index is 1880. The zero-order chi connectivity index (χ0) is 32.0. The number of nitrogens with zero attached hydrogens (tertiary/aromatic N) is 6. The number of amides is 2. The summed E-state index contributed by atoms with van der Waals surface area (Å²) in [6.45, 7) is 6.47. The van der Waals surface area contributed by atoms with Gasteiger partial charge in [0.2, 0.25) is 17.7 Å². The lowest BCUT2D eigenvalue weighted by atomic mass is 10.0. The van der Waals surface area contributed by atoms with Gasteiger partial charge in [-0.2, -0.15) is 8.78 Å². The molecule has 44 heavy (non-hydrogen) atoms. The second-order valence-corrected chi connectivity index (χ2v) is 10.8. The van der Waals surface area contributed by atoms with Crippen molar-refractivity contribution in [2.24, 2.45) is 12.8 Å². The molecule has 0 radical (unpaired) electrons. The van der Waals surface area contributed by atoms with Gasteiger partial charge in [0.1, 0.15) is 23.0 Å². The second kappa shape index (κ2) is 11.8. The highest BCUT2D eigenvalue weighted by Gasteiger charge is 2.28. The fraction of sp³-hybridized carbons (Fsp3) is 0.321. The number of aryl methyl sites for hydroxylation is 1. The molecule has 1 fully saturated rings. The number of rotatable bonds is 7. The summed E-state index contributed by atoms with van der Waals surface area (Å²) in [7, 11) is 1.38. The molecule has 0 bridgehead atoms. The van der Waals surface area contributed by atoms with E-state index in [2.05, 4.69) is 27.1 Å². The Morgan fingerprint density at radius 2 is 1.91 bits per heavy atom. The van der Waals surface area contributed by atoms with Gasteiger partial charge in [0.05, 0.1) is 23.0 Å². The molecule has 0 unspecified atom stereocenters. The summed E-state index contributed by atoms with van der Waals surface area (Å²) >= 11 is 6.16. The van der Waals surface area contributed by atoms with Crippen LogP contribution in [0.25, 0.3) is 22.2 Å². The molecule has 0 spiro atoms. The van der Waals surface area contributed by atoms with E-state index in [0.717, 1.165) is 30.3 Å². The Labute approximate surface area is 253 Å². The topological polar surface area (TPSA) is 152 Å². The molecular weight excluding hydrogens is 605 g/mol. The van der Waals surface area contributed by atoms with Gasteiger partial charge >= 0.3 is 0 Å². The van der Waals surface area contributed by atoms with Crippen LogP contribution >= 0.6 is 11.6 Å². The van der Waals surface area contributed by atoms with Crippen molar-refractivity contribution in [1.82, 2.24) is 24.0 Å². The number of nitrogens with one attached hydrogen (secondary N) is 1. The minimum absolute atomic E-state index is 0.0129. The highest BCUT2D eigenvalue weighted by atomic mass is 35.5. The first-order valence-electron chi connectivity index (χ1n) is 13.5. The van der Waals surface area contributed by atoms with Crippen molar-refractivity contribution in [3.05, 3.63) is 63.2 Å². The maximum absolute atomic E-state index is 15.1. The highest BCUT2D eigenvalue weighted by Crippen LogP contribution is 2.36. The van der Waals surface area contributed by atoms with E-state index in [1.165, 1.54) is 30.2 Å². The molecule has 4 heterocycles. The smallest absolute Gasteiger partial charge is 0.263 e. The van der Waals surface area contributed by atoms with Crippen LogP contribution in [0.3, 0.4) is 0 Å². The summed E-state index contributed by atoms with van der Waals surface area (Å²) in [4.78, 5) is 50.5. The lowest BCUT2D eigenvalue weighted by Crippen LogP contribution is -2.52. The van der Waals surface area contributed by atoms with Crippen molar-refractivity contribution >= 4 is 46.0 Å². The molecule has 2 amide bonds. The number of hydrogen-bond donors (Lipinski definition) is 3. The van der Waals surface area contributed by atoms with Crippen LogP contribution in [0, 0.1) is 17.6 Å². The number of nitrogens with two attached hydrogens (primary N) is 1. The minimum atomic E-state index is -1.74. The standard InChI is InChI=1S/C28H28ClF3N8O4/c1-4-38-5-6-40(13(2)9-38)18-8-17(21(29)25(32)36-18)35-19(41)11-39-10-16(20-27(39)34-12-37(3)28(20)44)14-7-15(26(33)43)24(42)23(31)22(14)30/h7-8,10,12-13,42H,4-6,9,11H2,1-3H3,(H2,33,43)(H,35,36,41)/t13-/m0/s1. The molecule has 12 nitrogen and oxygen atoms in total. The average Bonchev–Trinajstić information content (AvgIpc) is 3.33. The van der Waals surface area contributed by atoms with E-state index >= 15 is 4.39 Å². The third kappa shape index (κ3) is 5.43. The summed E-state index contributed by atoms with van der Waals surface area (Å²) in [5.41, 5.74) is 2.96. The Morgan fingerprint density at radius 1 is 1.18 bits per heavy atom. The molecule has 0 saturated carbocycles. The number of halogens is 4. The molecule has 232 valence electrons. The van der Waals surface area contributed by atoms with E-state index in [1.54, 1.807) is 0 Å². The molecule has 1 aliphatic heterocycles. The van der Waals surface area contributed by atoms with Crippen molar-refractivity contribution in [2.45, 2.75) is 26.4 Å². The lowest BCUT2D eigenvalue weighted by molar-refractivity contribution is -0.116. The summed E-state index contributed by atoms with van der Waals surface area (Å²) in [5.74, 6) is -7.21. The molecule has 4 N–H and O–H groups in total. The van der Waals surface area contributed by atoms with Crippen LogP contribution in [0.5, 0.6) is 5.75 Å². The van der Waals surface area contributed by atoms with Gasteiger partial charge in [0.25, 0.3) is 11.5 Å². The minimum Gasteiger partial charge on any atom is -0.504 e. The predicted octanol–water partition coefficient (Wildman–Crippen LogP) is 2.84. The van der Waals surface area contributed by atoms with Crippen LogP contribution in [-0.4, -0.2) is 73.1 Å². The van der Waals surface area contributed by atoms with E-state index in [0.29, 0.717) is 12.4 Å². The Morgan fingerprint density at radius 3 is 2.57 bits per heavy atom. The SMILES string of the molecule is CCN1CCN(c2cc(NC(=O)Cn3cc(-c4cc(C(N)=O)c(O)c(F)c4F)c4c(=O)n(C)cnc43)c(Cl)c(F)n2)[C@@H](C)C1. The fourth-order valence-corrected chi connectivity index (χ4v) is 5.46. The van der Waals surface area contributed by atoms with Crippen LogP contribution in [0.4, 0.5) is 24.7 Å². The third-order valence-electron chi connectivity index (χ3n) is 7.62. The second-order valence-electron chi connectivity index (χ2n) is 10.5. The van der Waals surface area contributed by atoms with Gasteiger partial charge in [-0.25, -0.2) is 14.4 Å². The number of piperazine rings is 1.